The maximum atomic E-state index is 5.28. The Morgan fingerprint density at radius 1 is 1.45 bits per heavy atom. The second-order valence-electron chi connectivity index (χ2n) is 1.99. The van der Waals surface area contributed by atoms with E-state index in [1.54, 1.807) is 4.85 Å². The maximum absolute atomic E-state index is 5.28. The summed E-state index contributed by atoms with van der Waals surface area (Å²) in [6.45, 7) is 13.4. The first kappa shape index (κ1) is 13.5. The van der Waals surface area contributed by atoms with Gasteiger partial charge in [0.25, 0.3) is 0 Å². The fourth-order valence-corrected chi connectivity index (χ4v) is 0.659. The first-order valence-electron chi connectivity index (χ1n) is 3.81. The number of hydrogen-bond donors (Lipinski definition) is 0. The summed E-state index contributed by atoms with van der Waals surface area (Å²) in [6, 6.07) is 0. The molecule has 0 unspecified atom stereocenters. The molecule has 0 heterocycles. The first-order chi connectivity index (χ1) is 5.22. The molecule has 0 saturated carbocycles. The van der Waals surface area contributed by atoms with Crippen molar-refractivity contribution < 1.29 is 17.0 Å². The van der Waals surface area contributed by atoms with Crippen molar-refractivity contribution in [3.63, 3.8) is 0 Å². The molecule has 2 heteroatoms. The summed E-state index contributed by atoms with van der Waals surface area (Å²) in [4.78, 5) is 5.71. The van der Waals surface area contributed by atoms with E-state index in [0.29, 0.717) is 5.92 Å². The molecule has 0 aliphatic heterocycles. The van der Waals surface area contributed by atoms with E-state index in [1.165, 1.54) is 6.08 Å². The fraction of sp³-hybridized carbons (Fsp3) is 0.556. The second kappa shape index (κ2) is 9.86. The quantitative estimate of drug-likeness (QED) is 0.477. The van der Waals surface area contributed by atoms with Gasteiger partial charge in [-0.1, -0.05) is 13.8 Å². The summed E-state index contributed by atoms with van der Waals surface area (Å²) in [5.74, 6) is 0.412. The van der Waals surface area contributed by atoms with Crippen molar-refractivity contribution in [3.05, 3.63) is 12.7 Å². The molecule has 0 aromatic carbocycles. The van der Waals surface area contributed by atoms with Crippen molar-refractivity contribution in [3.8, 4) is 0 Å². The normalized spacial score (nSPS) is 10.0. The van der Waals surface area contributed by atoms with Crippen LogP contribution >= 0.6 is 0 Å². The number of hydrogen-bond acceptors (Lipinski definition) is 1. The van der Waals surface area contributed by atoms with Crippen molar-refractivity contribution >= 4 is 10.6 Å². The summed E-state index contributed by atoms with van der Waals surface area (Å²) in [5, 5.41) is 0. The van der Waals surface area contributed by atoms with Gasteiger partial charge in [0.2, 0.25) is 0 Å². The van der Waals surface area contributed by atoms with Gasteiger partial charge >= 0.3 is 65.0 Å². The summed E-state index contributed by atoms with van der Waals surface area (Å²) in [7, 11) is 0. The molecule has 0 aliphatic rings. The molecule has 0 amide bonds. The van der Waals surface area contributed by atoms with Gasteiger partial charge in [-0.2, -0.15) is 0 Å². The van der Waals surface area contributed by atoms with E-state index in [0.717, 1.165) is 5.71 Å². The number of nitrogens with zero attached hydrogens (tertiary/aromatic N) is 1. The molecule has 0 bridgehead atoms. The van der Waals surface area contributed by atoms with Crippen LogP contribution in [0.4, 0.5) is 0 Å². The minimum atomic E-state index is 0.412. The Hall–Kier alpha value is -0.136. The zero-order valence-corrected chi connectivity index (χ0v) is 9.10. The van der Waals surface area contributed by atoms with Crippen LogP contribution in [-0.4, -0.2) is 10.6 Å². The average Bonchev–Trinajstić information content (AvgIpc) is 2.03. The van der Waals surface area contributed by atoms with Gasteiger partial charge in [0.1, 0.15) is 0 Å². The summed E-state index contributed by atoms with van der Waals surface area (Å²) in [5.41, 5.74) is 0.927. The number of allylic oxidation sites excluding steroid dienone is 1. The van der Waals surface area contributed by atoms with Gasteiger partial charge in [0.15, 0.2) is 0 Å². The minimum absolute atomic E-state index is 0.412. The Balaban J connectivity index is 0. The zero-order valence-electron chi connectivity index (χ0n) is 7.70. The summed E-state index contributed by atoms with van der Waals surface area (Å²) in [6.07, 6.45) is 1.54. The third kappa shape index (κ3) is 7.76. The van der Waals surface area contributed by atoms with Crippen LogP contribution in [-0.2, 0) is 17.0 Å². The van der Waals surface area contributed by atoms with Crippen LogP contribution in [0.25, 0.3) is 0 Å². The zero-order chi connectivity index (χ0) is 9.28. The predicted molar refractivity (Wildman–Crippen MR) is 48.6 cm³/mol. The first-order valence-corrected chi connectivity index (χ1v) is 4.61. The van der Waals surface area contributed by atoms with E-state index in [1.807, 2.05) is 13.8 Å². The van der Waals surface area contributed by atoms with Gasteiger partial charge in [-0.15, -0.1) is 0 Å². The van der Waals surface area contributed by atoms with Crippen LogP contribution in [0.1, 0.15) is 27.7 Å². The van der Waals surface area contributed by atoms with Crippen LogP contribution in [0.15, 0.2) is 11.1 Å². The average molecular weight is 189 g/mol. The molecule has 0 rings (SSSR count). The predicted octanol–water partition coefficient (Wildman–Crippen LogP) is 2.41. The molecule has 0 radical (unpaired) electrons. The van der Waals surface area contributed by atoms with Crippen LogP contribution in [0.2, 0.25) is 0 Å². The van der Waals surface area contributed by atoms with E-state index in [2.05, 4.69) is 35.8 Å². The number of aliphatic imine (C=N–C) groups is 1. The molecule has 11 heavy (non-hydrogen) atoms. The topological polar surface area (TPSA) is 12.4 Å². The second-order valence-corrected chi connectivity index (χ2v) is 2.35. The van der Waals surface area contributed by atoms with Crippen molar-refractivity contribution in [1.29, 1.82) is 0 Å². The Kier molecular flexibility index (Phi) is 12.1. The molecule has 63 valence electrons. The Morgan fingerprint density at radius 3 is 2.00 bits per heavy atom. The van der Waals surface area contributed by atoms with E-state index >= 15 is 0 Å². The van der Waals surface area contributed by atoms with Gasteiger partial charge < -0.3 is 0 Å². The van der Waals surface area contributed by atoms with E-state index in [4.69, 9.17) is 6.58 Å². The van der Waals surface area contributed by atoms with Crippen LogP contribution in [0.5, 0.6) is 0 Å². The molecule has 0 N–H and O–H groups in total. The number of rotatable bonds is 3. The monoisotopic (exact) mass is 189 g/mol. The molecule has 0 atom stereocenters. The Labute approximate surface area is 79.1 Å². The SMILES string of the molecule is CC.[CH-]=CC(=N[CH]=[V])C(C)C. The van der Waals surface area contributed by atoms with Gasteiger partial charge in [-0.05, 0) is 0 Å². The third-order valence-electron chi connectivity index (χ3n) is 0.969. The standard InChI is InChI=1S/C7H10N.C2H6.V/c1-5-7(8-4)6(2)3;1-2;/h1,4-6H,2-3H3;1-2H3;/q-1;;. The molecule has 0 saturated heterocycles. The summed E-state index contributed by atoms with van der Waals surface area (Å²) >= 11 is 2.28. The molecule has 1 nitrogen and oxygen atoms in total. The van der Waals surface area contributed by atoms with Crippen molar-refractivity contribution in [2.75, 3.05) is 0 Å². The van der Waals surface area contributed by atoms with Crippen molar-refractivity contribution in [2.45, 2.75) is 27.7 Å². The van der Waals surface area contributed by atoms with Crippen molar-refractivity contribution in [2.24, 2.45) is 10.9 Å². The van der Waals surface area contributed by atoms with E-state index in [-0.39, 0.29) is 0 Å². The van der Waals surface area contributed by atoms with Gasteiger partial charge in [-0.25, -0.2) is 0 Å². The molecule has 0 spiro atoms. The molecular weight excluding hydrogens is 173 g/mol. The fourth-order valence-electron chi connectivity index (χ4n) is 0.451. The Morgan fingerprint density at radius 2 is 1.91 bits per heavy atom. The molecule has 0 fully saturated rings. The summed E-state index contributed by atoms with van der Waals surface area (Å²) < 4.78 is 0. The van der Waals surface area contributed by atoms with Gasteiger partial charge in [0, 0.05) is 0 Å². The Bertz CT molecular complexity index is 136. The van der Waals surface area contributed by atoms with Crippen LogP contribution in [0.3, 0.4) is 0 Å². The van der Waals surface area contributed by atoms with Gasteiger partial charge in [-0.3, -0.25) is 0 Å². The van der Waals surface area contributed by atoms with E-state index < -0.39 is 0 Å². The molecule has 0 aromatic rings. The van der Waals surface area contributed by atoms with Crippen molar-refractivity contribution in [1.82, 2.24) is 0 Å². The third-order valence-corrected chi connectivity index (χ3v) is 1.15. The molecule has 0 aromatic heterocycles. The van der Waals surface area contributed by atoms with E-state index in [9.17, 15) is 0 Å². The molecular formula is C9H16NV-. The molecule has 0 aliphatic carbocycles. The van der Waals surface area contributed by atoms with Crippen LogP contribution in [0, 0.1) is 12.5 Å². The van der Waals surface area contributed by atoms with Crippen LogP contribution < -0.4 is 0 Å². The van der Waals surface area contributed by atoms with Gasteiger partial charge in [0.05, 0.1) is 0 Å².